The number of hydrogen-bond donors (Lipinski definition) is 4. The number of nitrogens with zero attached hydrogens (tertiary/aromatic N) is 2. The molecule has 3 rings (SSSR count). The molecule has 0 spiro atoms. The Hall–Kier alpha value is -3.15. The van der Waals surface area contributed by atoms with Gasteiger partial charge in [0.25, 0.3) is 0 Å². The van der Waals surface area contributed by atoms with E-state index in [2.05, 4.69) is 41.1 Å². The van der Waals surface area contributed by atoms with E-state index in [1.165, 1.54) is 49.7 Å². The van der Waals surface area contributed by atoms with Crippen molar-refractivity contribution in [3.05, 3.63) is 54.1 Å². The van der Waals surface area contributed by atoms with Crippen LogP contribution in [0.2, 0.25) is 0 Å². The van der Waals surface area contributed by atoms with Crippen LogP contribution in [0, 0.1) is 0 Å². The van der Waals surface area contributed by atoms with E-state index < -0.39 is 23.9 Å². The van der Waals surface area contributed by atoms with Crippen molar-refractivity contribution in [1.29, 1.82) is 0 Å². The number of likely N-dealkylation sites (N-methyl/N-ethyl adjacent to an activating group) is 1. The van der Waals surface area contributed by atoms with E-state index in [0.29, 0.717) is 30.3 Å². The minimum atomic E-state index is -1.26. The van der Waals surface area contributed by atoms with E-state index in [-0.39, 0.29) is 0 Å². The highest BCUT2D eigenvalue weighted by atomic mass is 32.2. The van der Waals surface area contributed by atoms with Crippen LogP contribution in [0.15, 0.2) is 53.5 Å². The number of carbonyl (C=O) groups is 4. The standard InChI is InChI=1S/C15H22N2S.2C4H4O4/c1-16-8-10-17(11-9-16)14-6-4-12-18-15-7-3-2-5-13(14)15;2*5-3(6)1-2-4(7)8/h2-3,5,7,14H,4,6,8-12H2,1H3;2*1-2H,(H,5,6)(H,7,8)/b;2*2-1-. The fourth-order valence-corrected chi connectivity index (χ4v) is 4.38. The first kappa shape index (κ1) is 28.9. The van der Waals surface area contributed by atoms with Gasteiger partial charge in [-0.2, -0.15) is 0 Å². The van der Waals surface area contributed by atoms with Crippen LogP contribution >= 0.6 is 11.8 Å². The predicted octanol–water partition coefficient (Wildman–Crippen LogP) is 2.28. The molecule has 0 saturated carbocycles. The summed E-state index contributed by atoms with van der Waals surface area (Å²) in [5.41, 5.74) is 1.57. The Kier molecular flexibility index (Phi) is 13.3. The highest BCUT2D eigenvalue weighted by Crippen LogP contribution is 2.37. The lowest BCUT2D eigenvalue weighted by Gasteiger charge is -2.38. The van der Waals surface area contributed by atoms with Crippen LogP contribution in [0.5, 0.6) is 0 Å². The molecule has 1 fully saturated rings. The number of rotatable bonds is 5. The van der Waals surface area contributed by atoms with Crippen LogP contribution in [0.4, 0.5) is 0 Å². The molecule has 2 aliphatic heterocycles. The van der Waals surface area contributed by atoms with Crippen LogP contribution in [0.25, 0.3) is 0 Å². The number of benzene rings is 1. The molecule has 2 heterocycles. The average molecular weight is 495 g/mol. The first-order chi connectivity index (χ1) is 16.1. The second kappa shape index (κ2) is 15.6. The molecule has 0 aliphatic carbocycles. The number of carboxylic acid groups (broad SMARTS) is 4. The lowest BCUT2D eigenvalue weighted by Crippen LogP contribution is -2.45. The number of hydrogen-bond acceptors (Lipinski definition) is 7. The zero-order valence-corrected chi connectivity index (χ0v) is 19.7. The molecule has 11 heteroatoms. The van der Waals surface area contributed by atoms with Gasteiger partial charge in [0.05, 0.1) is 0 Å². The summed E-state index contributed by atoms with van der Waals surface area (Å²) in [6, 6.07) is 9.68. The Morgan fingerprint density at radius 2 is 1.29 bits per heavy atom. The third kappa shape index (κ3) is 12.2. The van der Waals surface area contributed by atoms with Crippen LogP contribution in [-0.2, 0) is 19.2 Å². The quantitative estimate of drug-likeness (QED) is 0.445. The first-order valence-electron chi connectivity index (χ1n) is 10.5. The summed E-state index contributed by atoms with van der Waals surface area (Å²) in [6.45, 7) is 4.87. The fourth-order valence-electron chi connectivity index (χ4n) is 3.30. The molecule has 1 aromatic carbocycles. The molecule has 34 heavy (non-hydrogen) atoms. The highest BCUT2D eigenvalue weighted by molar-refractivity contribution is 7.99. The van der Waals surface area contributed by atoms with Gasteiger partial charge in [-0.1, -0.05) is 18.2 Å². The smallest absolute Gasteiger partial charge is 0.328 e. The van der Waals surface area contributed by atoms with Crippen molar-refractivity contribution >= 4 is 35.6 Å². The van der Waals surface area contributed by atoms with E-state index in [9.17, 15) is 19.2 Å². The van der Waals surface area contributed by atoms with Crippen molar-refractivity contribution in [1.82, 2.24) is 9.80 Å². The summed E-state index contributed by atoms with van der Waals surface area (Å²) < 4.78 is 0. The van der Waals surface area contributed by atoms with E-state index in [4.69, 9.17) is 20.4 Å². The second-order valence-electron chi connectivity index (χ2n) is 7.40. The number of piperazine rings is 1. The van der Waals surface area contributed by atoms with Crippen molar-refractivity contribution in [2.75, 3.05) is 39.0 Å². The maximum absolute atomic E-state index is 9.55. The maximum atomic E-state index is 9.55. The van der Waals surface area contributed by atoms with Crippen LogP contribution in [-0.4, -0.2) is 93.1 Å². The number of fused-ring (bicyclic) bond motifs is 1. The summed E-state index contributed by atoms with van der Waals surface area (Å²) in [5, 5.41) is 31.2. The lowest BCUT2D eigenvalue weighted by atomic mass is 10.00. The molecule has 2 aliphatic rings. The Morgan fingerprint density at radius 1 is 0.824 bits per heavy atom. The van der Waals surface area contributed by atoms with Gasteiger partial charge in [0.2, 0.25) is 0 Å². The van der Waals surface area contributed by atoms with E-state index >= 15 is 0 Å². The summed E-state index contributed by atoms with van der Waals surface area (Å²) in [6.07, 6.45) is 4.90. The minimum absolute atomic E-state index is 0.558. The number of carboxylic acids is 4. The van der Waals surface area contributed by atoms with Gasteiger partial charge in [-0.25, -0.2) is 19.2 Å². The largest absolute Gasteiger partial charge is 0.478 e. The fraction of sp³-hybridized carbons (Fsp3) is 0.391. The zero-order chi connectivity index (χ0) is 25.5. The van der Waals surface area contributed by atoms with Crippen molar-refractivity contribution in [2.45, 2.75) is 23.8 Å². The molecule has 1 saturated heterocycles. The highest BCUT2D eigenvalue weighted by Gasteiger charge is 2.26. The van der Waals surface area contributed by atoms with Crippen LogP contribution in [0.1, 0.15) is 24.4 Å². The molecule has 0 aromatic heterocycles. The van der Waals surface area contributed by atoms with Crippen LogP contribution in [0.3, 0.4) is 0 Å². The summed E-state index contributed by atoms with van der Waals surface area (Å²) >= 11 is 2.04. The molecule has 10 nitrogen and oxygen atoms in total. The molecule has 0 radical (unpaired) electrons. The van der Waals surface area contributed by atoms with Gasteiger partial charge < -0.3 is 25.3 Å². The molecule has 1 atom stereocenters. The molecule has 0 bridgehead atoms. The summed E-state index contributed by atoms with van der Waals surface area (Å²) in [5.74, 6) is -3.75. The topological polar surface area (TPSA) is 156 Å². The normalized spacial score (nSPS) is 18.6. The maximum Gasteiger partial charge on any atom is 0.328 e. The van der Waals surface area contributed by atoms with Crippen LogP contribution < -0.4 is 0 Å². The molecule has 186 valence electrons. The van der Waals surface area contributed by atoms with Crippen molar-refractivity contribution in [2.24, 2.45) is 0 Å². The molecule has 1 unspecified atom stereocenters. The summed E-state index contributed by atoms with van der Waals surface area (Å²) in [4.78, 5) is 44.9. The number of thioether (sulfide) groups is 1. The number of aliphatic carboxylic acids is 4. The van der Waals surface area contributed by atoms with Crippen molar-refractivity contribution < 1.29 is 39.6 Å². The zero-order valence-electron chi connectivity index (χ0n) is 18.9. The molecular formula is C23H30N2O8S. The van der Waals surface area contributed by atoms with Gasteiger partial charge in [-0.05, 0) is 37.3 Å². The first-order valence-corrected chi connectivity index (χ1v) is 11.5. The van der Waals surface area contributed by atoms with Gasteiger partial charge in [-0.15, -0.1) is 11.8 Å². The van der Waals surface area contributed by atoms with Gasteiger partial charge in [0, 0.05) is 61.4 Å². The second-order valence-corrected chi connectivity index (χ2v) is 8.54. The van der Waals surface area contributed by atoms with E-state index in [1.807, 2.05) is 11.8 Å². The SMILES string of the molecule is CN1CCN(C2CCCSc3ccccc32)CC1.O=C(O)/C=C\C(=O)O.O=C(O)/C=C\C(=O)O. The van der Waals surface area contributed by atoms with E-state index in [1.54, 1.807) is 5.56 Å². The van der Waals surface area contributed by atoms with E-state index in [0.717, 1.165) is 0 Å². The Labute approximate surface area is 202 Å². The third-order valence-electron chi connectivity index (χ3n) is 4.87. The third-order valence-corrected chi connectivity index (χ3v) is 6.05. The van der Waals surface area contributed by atoms with Gasteiger partial charge in [-0.3, -0.25) is 4.90 Å². The monoisotopic (exact) mass is 494 g/mol. The predicted molar refractivity (Wildman–Crippen MR) is 127 cm³/mol. The Morgan fingerprint density at radius 3 is 1.76 bits per heavy atom. The summed E-state index contributed by atoms with van der Waals surface area (Å²) in [7, 11) is 2.23. The van der Waals surface area contributed by atoms with Gasteiger partial charge in [0.15, 0.2) is 0 Å². The minimum Gasteiger partial charge on any atom is -0.478 e. The van der Waals surface area contributed by atoms with Gasteiger partial charge in [0.1, 0.15) is 0 Å². The van der Waals surface area contributed by atoms with Crippen molar-refractivity contribution in [3.8, 4) is 0 Å². The molecule has 1 aromatic rings. The Balaban J connectivity index is 0.000000304. The average Bonchev–Trinajstić information content (AvgIpc) is 3.00. The van der Waals surface area contributed by atoms with Gasteiger partial charge >= 0.3 is 23.9 Å². The molecule has 0 amide bonds. The lowest BCUT2D eigenvalue weighted by molar-refractivity contribution is -0.134. The molecule has 4 N–H and O–H groups in total. The van der Waals surface area contributed by atoms with Crippen molar-refractivity contribution in [3.63, 3.8) is 0 Å². The Bertz CT molecular complexity index is 829. The molecular weight excluding hydrogens is 464 g/mol.